The van der Waals surface area contributed by atoms with Crippen molar-refractivity contribution in [2.24, 2.45) is 0 Å². The van der Waals surface area contributed by atoms with Gasteiger partial charge in [0.25, 0.3) is 0 Å². The predicted molar refractivity (Wildman–Crippen MR) is 76.3 cm³/mol. The van der Waals surface area contributed by atoms with E-state index in [9.17, 15) is 13.2 Å². The number of aliphatic carboxylic acids is 1. The van der Waals surface area contributed by atoms with Crippen LogP contribution >= 0.6 is 0 Å². The molecule has 0 amide bonds. The van der Waals surface area contributed by atoms with Gasteiger partial charge in [0, 0.05) is 18.6 Å². The van der Waals surface area contributed by atoms with Crippen LogP contribution in [0.4, 0.5) is 0 Å². The van der Waals surface area contributed by atoms with E-state index in [2.05, 4.69) is 0 Å². The SMILES string of the molecule is CC(c1ccccc1)N1CCS(=O)(=O)CC1CC(=O)O. The number of sulfone groups is 1. The van der Waals surface area contributed by atoms with Crippen LogP contribution in [0.3, 0.4) is 0 Å². The fourth-order valence-electron chi connectivity index (χ4n) is 2.71. The summed E-state index contributed by atoms with van der Waals surface area (Å²) in [7, 11) is -3.13. The second-order valence-electron chi connectivity index (χ2n) is 5.19. The quantitative estimate of drug-likeness (QED) is 0.907. The van der Waals surface area contributed by atoms with E-state index in [1.807, 2.05) is 42.2 Å². The minimum atomic E-state index is -3.13. The first kappa shape index (κ1) is 15.0. The van der Waals surface area contributed by atoms with E-state index in [0.717, 1.165) is 5.56 Å². The number of nitrogens with zero attached hydrogens (tertiary/aromatic N) is 1. The molecule has 1 aliphatic rings. The third-order valence-corrected chi connectivity index (χ3v) is 5.46. The van der Waals surface area contributed by atoms with E-state index >= 15 is 0 Å². The van der Waals surface area contributed by atoms with Crippen molar-refractivity contribution >= 4 is 15.8 Å². The first-order valence-electron chi connectivity index (χ1n) is 6.62. The number of hydrogen-bond donors (Lipinski definition) is 1. The molecule has 1 fully saturated rings. The zero-order valence-corrected chi connectivity index (χ0v) is 12.2. The highest BCUT2D eigenvalue weighted by molar-refractivity contribution is 7.91. The van der Waals surface area contributed by atoms with Gasteiger partial charge in [-0.15, -0.1) is 0 Å². The molecule has 0 radical (unpaired) electrons. The lowest BCUT2D eigenvalue weighted by Gasteiger charge is -2.39. The van der Waals surface area contributed by atoms with E-state index in [4.69, 9.17) is 5.11 Å². The summed E-state index contributed by atoms with van der Waals surface area (Å²) in [5.41, 5.74) is 1.07. The Kier molecular flexibility index (Phi) is 4.45. The average Bonchev–Trinajstić information content (AvgIpc) is 2.37. The van der Waals surface area contributed by atoms with Crippen molar-refractivity contribution < 1.29 is 18.3 Å². The van der Waals surface area contributed by atoms with Crippen molar-refractivity contribution in [3.63, 3.8) is 0 Å². The van der Waals surface area contributed by atoms with Crippen LogP contribution in [0.1, 0.15) is 24.9 Å². The molecule has 0 aliphatic carbocycles. The van der Waals surface area contributed by atoms with Gasteiger partial charge < -0.3 is 5.11 Å². The largest absolute Gasteiger partial charge is 0.481 e. The van der Waals surface area contributed by atoms with Gasteiger partial charge in [-0.3, -0.25) is 9.69 Å². The maximum absolute atomic E-state index is 11.7. The van der Waals surface area contributed by atoms with E-state index in [1.54, 1.807) is 0 Å². The number of hydrogen-bond acceptors (Lipinski definition) is 4. The van der Waals surface area contributed by atoms with Crippen molar-refractivity contribution in [1.29, 1.82) is 0 Å². The molecular weight excluding hydrogens is 278 g/mol. The molecule has 1 aromatic carbocycles. The van der Waals surface area contributed by atoms with Gasteiger partial charge in [0.05, 0.1) is 17.9 Å². The Morgan fingerprint density at radius 2 is 2.05 bits per heavy atom. The lowest BCUT2D eigenvalue weighted by Crippen LogP contribution is -2.50. The number of carbonyl (C=O) groups is 1. The van der Waals surface area contributed by atoms with E-state index in [-0.39, 0.29) is 24.0 Å². The molecule has 0 aromatic heterocycles. The Morgan fingerprint density at radius 1 is 1.40 bits per heavy atom. The van der Waals surface area contributed by atoms with Gasteiger partial charge in [-0.2, -0.15) is 0 Å². The summed E-state index contributed by atoms with van der Waals surface area (Å²) in [6.45, 7) is 2.37. The molecule has 0 bridgehead atoms. The molecule has 0 saturated carbocycles. The molecule has 110 valence electrons. The third kappa shape index (κ3) is 3.58. The fourth-order valence-corrected chi connectivity index (χ4v) is 4.26. The second kappa shape index (κ2) is 5.93. The summed E-state index contributed by atoms with van der Waals surface area (Å²) in [4.78, 5) is 13.0. The van der Waals surface area contributed by atoms with Crippen LogP contribution in [0.25, 0.3) is 0 Å². The maximum atomic E-state index is 11.7. The standard InChI is InChI=1S/C14H19NO4S/c1-11(12-5-3-2-4-6-12)15-7-8-20(18,19)10-13(15)9-14(16)17/h2-6,11,13H,7-10H2,1H3,(H,16,17). The van der Waals surface area contributed by atoms with Crippen LogP contribution in [0, 0.1) is 0 Å². The van der Waals surface area contributed by atoms with Crippen LogP contribution in [-0.4, -0.2) is 48.5 Å². The molecule has 2 unspecified atom stereocenters. The van der Waals surface area contributed by atoms with Crippen LogP contribution in [0.15, 0.2) is 30.3 Å². The number of carboxylic acid groups (broad SMARTS) is 1. The Balaban J connectivity index is 2.21. The van der Waals surface area contributed by atoms with Crippen LogP contribution < -0.4 is 0 Å². The Labute approximate surface area is 119 Å². The first-order chi connectivity index (χ1) is 9.39. The molecule has 2 rings (SSSR count). The smallest absolute Gasteiger partial charge is 0.304 e. The van der Waals surface area contributed by atoms with Crippen molar-refractivity contribution in [3.8, 4) is 0 Å². The van der Waals surface area contributed by atoms with Gasteiger partial charge in [0.2, 0.25) is 0 Å². The Morgan fingerprint density at radius 3 is 2.65 bits per heavy atom. The topological polar surface area (TPSA) is 74.7 Å². The lowest BCUT2D eigenvalue weighted by atomic mass is 10.0. The molecule has 5 nitrogen and oxygen atoms in total. The Bertz CT molecular complexity index is 570. The molecule has 1 saturated heterocycles. The monoisotopic (exact) mass is 297 g/mol. The second-order valence-corrected chi connectivity index (χ2v) is 7.42. The van der Waals surface area contributed by atoms with Gasteiger partial charge in [0.1, 0.15) is 0 Å². The van der Waals surface area contributed by atoms with Crippen molar-refractivity contribution in [1.82, 2.24) is 4.90 Å². The van der Waals surface area contributed by atoms with Gasteiger partial charge in [-0.05, 0) is 12.5 Å². The zero-order valence-electron chi connectivity index (χ0n) is 11.4. The van der Waals surface area contributed by atoms with Crippen molar-refractivity contribution in [3.05, 3.63) is 35.9 Å². The first-order valence-corrected chi connectivity index (χ1v) is 8.44. The highest BCUT2D eigenvalue weighted by Crippen LogP contribution is 2.27. The third-order valence-electron chi connectivity index (χ3n) is 3.77. The average molecular weight is 297 g/mol. The van der Waals surface area contributed by atoms with E-state index in [0.29, 0.717) is 6.54 Å². The molecule has 1 aromatic rings. The van der Waals surface area contributed by atoms with Crippen molar-refractivity contribution in [2.75, 3.05) is 18.1 Å². The van der Waals surface area contributed by atoms with Gasteiger partial charge >= 0.3 is 5.97 Å². The Hall–Kier alpha value is -1.40. The summed E-state index contributed by atoms with van der Waals surface area (Å²) in [5.74, 6) is -0.936. The van der Waals surface area contributed by atoms with Gasteiger partial charge in [-0.25, -0.2) is 8.42 Å². The van der Waals surface area contributed by atoms with E-state index < -0.39 is 21.8 Å². The maximum Gasteiger partial charge on any atom is 0.304 e. The summed E-state index contributed by atoms with van der Waals surface area (Å²) in [6.07, 6.45) is -0.142. The molecule has 1 aliphatic heterocycles. The summed E-state index contributed by atoms with van der Waals surface area (Å²) in [5, 5.41) is 8.98. The zero-order chi connectivity index (χ0) is 14.8. The molecule has 0 spiro atoms. The lowest BCUT2D eigenvalue weighted by molar-refractivity contribution is -0.138. The summed E-state index contributed by atoms with van der Waals surface area (Å²) >= 11 is 0. The van der Waals surface area contributed by atoms with Crippen LogP contribution in [0.5, 0.6) is 0 Å². The fraction of sp³-hybridized carbons (Fsp3) is 0.500. The summed E-state index contributed by atoms with van der Waals surface area (Å²) < 4.78 is 23.5. The minimum Gasteiger partial charge on any atom is -0.481 e. The molecular formula is C14H19NO4S. The molecule has 2 atom stereocenters. The normalized spacial score (nSPS) is 24.1. The van der Waals surface area contributed by atoms with Gasteiger partial charge in [-0.1, -0.05) is 30.3 Å². The van der Waals surface area contributed by atoms with Crippen LogP contribution in [0.2, 0.25) is 0 Å². The minimum absolute atomic E-state index is 0.0102. The van der Waals surface area contributed by atoms with Gasteiger partial charge in [0.15, 0.2) is 9.84 Å². The van der Waals surface area contributed by atoms with Crippen LogP contribution in [-0.2, 0) is 14.6 Å². The molecule has 1 N–H and O–H groups in total. The van der Waals surface area contributed by atoms with Crippen molar-refractivity contribution in [2.45, 2.75) is 25.4 Å². The van der Waals surface area contributed by atoms with E-state index in [1.165, 1.54) is 0 Å². The molecule has 20 heavy (non-hydrogen) atoms. The number of carboxylic acids is 1. The molecule has 1 heterocycles. The number of benzene rings is 1. The highest BCUT2D eigenvalue weighted by atomic mass is 32.2. The molecule has 6 heteroatoms. The highest BCUT2D eigenvalue weighted by Gasteiger charge is 2.35. The summed E-state index contributed by atoms with van der Waals surface area (Å²) in [6, 6.07) is 9.29. The predicted octanol–water partition coefficient (Wildman–Crippen LogP) is 1.32. The number of rotatable bonds is 4.